The first-order chi connectivity index (χ1) is 7.27. The number of nitrogens with zero attached hydrogens (tertiary/aromatic N) is 1. The highest BCUT2D eigenvalue weighted by Crippen LogP contribution is 2.09. The molecular formula is C12H10ClNO. The lowest BCUT2D eigenvalue weighted by molar-refractivity contribution is 0.0997. The summed E-state index contributed by atoms with van der Waals surface area (Å²) in [7, 11) is 0. The largest absolute Gasteiger partial charge is 0.293 e. The Morgan fingerprint density at radius 3 is 3.00 bits per heavy atom. The van der Waals surface area contributed by atoms with Gasteiger partial charge in [-0.25, -0.2) is 0 Å². The molecule has 0 radical (unpaired) electrons. The van der Waals surface area contributed by atoms with Crippen LogP contribution in [0, 0.1) is 11.3 Å². The van der Waals surface area contributed by atoms with Gasteiger partial charge in [0, 0.05) is 11.4 Å². The van der Waals surface area contributed by atoms with Crippen molar-refractivity contribution in [1.29, 1.82) is 5.26 Å². The highest BCUT2D eigenvalue weighted by atomic mass is 35.5. The Kier molecular flexibility index (Phi) is 4.59. The Labute approximate surface area is 93.8 Å². The molecule has 0 amide bonds. The summed E-state index contributed by atoms with van der Waals surface area (Å²) < 4.78 is 0. The second kappa shape index (κ2) is 6.00. The summed E-state index contributed by atoms with van der Waals surface area (Å²) in [5.41, 5.74) is 1.48. The molecule has 0 heterocycles. The van der Waals surface area contributed by atoms with Crippen molar-refractivity contribution >= 4 is 23.5 Å². The summed E-state index contributed by atoms with van der Waals surface area (Å²) in [6, 6.07) is 8.97. The molecule has 2 nitrogen and oxygen atoms in total. The lowest BCUT2D eigenvalue weighted by Crippen LogP contribution is -1.96. The number of hydrogen-bond donors (Lipinski definition) is 0. The first-order valence-electron chi connectivity index (χ1n) is 4.50. The number of benzene rings is 1. The second-order valence-corrected chi connectivity index (χ2v) is 3.25. The van der Waals surface area contributed by atoms with E-state index in [4.69, 9.17) is 16.9 Å². The molecular weight excluding hydrogens is 210 g/mol. The molecule has 1 aromatic carbocycles. The van der Waals surface area contributed by atoms with Gasteiger partial charge in [0.05, 0.1) is 12.5 Å². The number of carbonyl (C=O) groups is 1. The maximum atomic E-state index is 11.4. The number of nitriles is 1. The molecule has 0 spiro atoms. The van der Waals surface area contributed by atoms with Gasteiger partial charge in [0.15, 0.2) is 5.78 Å². The van der Waals surface area contributed by atoms with Crippen molar-refractivity contribution in [3.05, 3.63) is 41.5 Å². The molecule has 76 valence electrons. The van der Waals surface area contributed by atoms with E-state index in [0.29, 0.717) is 11.4 Å². The average Bonchev–Trinajstić information content (AvgIpc) is 2.27. The normalized spacial score (nSPS) is 10.1. The van der Waals surface area contributed by atoms with E-state index in [1.165, 1.54) is 0 Å². The monoisotopic (exact) mass is 219 g/mol. The molecule has 0 bridgehead atoms. The molecule has 0 saturated heterocycles. The molecule has 0 saturated carbocycles. The van der Waals surface area contributed by atoms with E-state index in [9.17, 15) is 4.79 Å². The van der Waals surface area contributed by atoms with Crippen LogP contribution < -0.4 is 0 Å². The third kappa shape index (κ3) is 3.57. The number of ketones is 1. The lowest BCUT2D eigenvalue weighted by Gasteiger charge is -1.98. The second-order valence-electron chi connectivity index (χ2n) is 2.94. The Morgan fingerprint density at radius 1 is 1.53 bits per heavy atom. The van der Waals surface area contributed by atoms with Crippen LogP contribution in [0.15, 0.2) is 30.3 Å². The molecule has 0 atom stereocenters. The van der Waals surface area contributed by atoms with Crippen LogP contribution in [0.2, 0.25) is 0 Å². The lowest BCUT2D eigenvalue weighted by atomic mass is 10.1. The zero-order valence-electron chi connectivity index (χ0n) is 8.11. The fraction of sp³-hybridized carbons (Fsp3) is 0.167. The maximum absolute atomic E-state index is 11.4. The van der Waals surface area contributed by atoms with Crippen LogP contribution in [0.4, 0.5) is 0 Å². The Bertz CT molecular complexity index is 418. The van der Waals surface area contributed by atoms with Gasteiger partial charge in [-0.3, -0.25) is 4.79 Å². The van der Waals surface area contributed by atoms with Crippen LogP contribution in [0.25, 0.3) is 6.08 Å². The number of carbonyl (C=O) groups excluding carboxylic acids is 1. The van der Waals surface area contributed by atoms with Gasteiger partial charge in [0.25, 0.3) is 0 Å². The van der Waals surface area contributed by atoms with Gasteiger partial charge in [-0.1, -0.05) is 30.4 Å². The molecule has 3 heteroatoms. The number of hydrogen-bond acceptors (Lipinski definition) is 2. The van der Waals surface area contributed by atoms with E-state index in [0.717, 1.165) is 5.56 Å². The van der Waals surface area contributed by atoms with Crippen molar-refractivity contribution in [2.24, 2.45) is 0 Å². The molecule has 0 N–H and O–H groups in total. The fourth-order valence-electron chi connectivity index (χ4n) is 1.17. The van der Waals surface area contributed by atoms with Crippen molar-refractivity contribution in [2.75, 3.05) is 5.88 Å². The van der Waals surface area contributed by atoms with Gasteiger partial charge in [0.1, 0.15) is 0 Å². The van der Waals surface area contributed by atoms with Crippen LogP contribution in [-0.2, 0) is 0 Å². The Hall–Kier alpha value is -1.59. The number of rotatable bonds is 4. The van der Waals surface area contributed by atoms with Crippen molar-refractivity contribution in [1.82, 2.24) is 0 Å². The first kappa shape index (κ1) is 11.5. The summed E-state index contributed by atoms with van der Waals surface area (Å²) in [4.78, 5) is 11.4. The summed E-state index contributed by atoms with van der Waals surface area (Å²) >= 11 is 5.51. The van der Waals surface area contributed by atoms with Crippen molar-refractivity contribution in [2.45, 2.75) is 6.42 Å². The topological polar surface area (TPSA) is 40.9 Å². The minimum Gasteiger partial charge on any atom is -0.293 e. The van der Waals surface area contributed by atoms with Crippen LogP contribution in [0.5, 0.6) is 0 Å². The maximum Gasteiger partial charge on any atom is 0.176 e. The molecule has 0 unspecified atom stereocenters. The molecule has 15 heavy (non-hydrogen) atoms. The van der Waals surface area contributed by atoms with Crippen LogP contribution in [0.1, 0.15) is 22.3 Å². The third-order valence-corrected chi connectivity index (χ3v) is 2.03. The zero-order chi connectivity index (χ0) is 11.1. The number of alkyl halides is 1. The van der Waals surface area contributed by atoms with E-state index in [2.05, 4.69) is 0 Å². The average molecular weight is 220 g/mol. The predicted molar refractivity (Wildman–Crippen MR) is 60.8 cm³/mol. The molecule has 1 aromatic rings. The van der Waals surface area contributed by atoms with Crippen LogP contribution >= 0.6 is 11.6 Å². The minimum atomic E-state index is -0.154. The molecule has 0 aliphatic carbocycles. The van der Waals surface area contributed by atoms with E-state index < -0.39 is 0 Å². The summed E-state index contributed by atoms with van der Waals surface area (Å²) in [5, 5.41) is 8.41. The highest BCUT2D eigenvalue weighted by molar-refractivity contribution is 6.19. The van der Waals surface area contributed by atoms with Crippen LogP contribution in [0.3, 0.4) is 0 Å². The van der Waals surface area contributed by atoms with Gasteiger partial charge < -0.3 is 0 Å². The molecule has 1 rings (SSSR count). The summed E-state index contributed by atoms with van der Waals surface area (Å²) in [5.74, 6) is 0.287. The zero-order valence-corrected chi connectivity index (χ0v) is 8.87. The SMILES string of the molecule is N#CCC(=O)c1cccc(C=CCCl)c1. The molecule has 0 aromatic heterocycles. The molecule has 0 fully saturated rings. The molecule has 0 aliphatic heterocycles. The molecule has 0 aliphatic rings. The minimum absolute atomic E-state index is 0.0807. The quantitative estimate of drug-likeness (QED) is 0.577. The van der Waals surface area contributed by atoms with Crippen molar-refractivity contribution < 1.29 is 4.79 Å². The Morgan fingerprint density at radius 2 is 2.33 bits per heavy atom. The highest BCUT2D eigenvalue weighted by Gasteiger charge is 2.04. The standard InChI is InChI=1S/C12H10ClNO/c13-7-2-4-10-3-1-5-11(9-10)12(15)6-8-14/h1-5,9H,6-7H2. The van der Waals surface area contributed by atoms with E-state index in [1.807, 2.05) is 18.2 Å². The number of allylic oxidation sites excluding steroid dienone is 1. The van der Waals surface area contributed by atoms with Crippen LogP contribution in [-0.4, -0.2) is 11.7 Å². The summed E-state index contributed by atoms with van der Waals surface area (Å²) in [6.07, 6.45) is 3.56. The number of Topliss-reactive ketones (excluding diaryl/α,β-unsaturated/α-hetero) is 1. The van der Waals surface area contributed by atoms with Crippen molar-refractivity contribution in [3.8, 4) is 6.07 Å². The predicted octanol–water partition coefficient (Wildman–Crippen LogP) is 3.03. The van der Waals surface area contributed by atoms with E-state index in [-0.39, 0.29) is 12.2 Å². The van der Waals surface area contributed by atoms with Gasteiger partial charge >= 0.3 is 0 Å². The van der Waals surface area contributed by atoms with Gasteiger partial charge in [-0.2, -0.15) is 5.26 Å². The van der Waals surface area contributed by atoms with E-state index >= 15 is 0 Å². The van der Waals surface area contributed by atoms with E-state index in [1.54, 1.807) is 24.3 Å². The van der Waals surface area contributed by atoms with Gasteiger partial charge in [-0.05, 0) is 11.6 Å². The smallest absolute Gasteiger partial charge is 0.176 e. The fourth-order valence-corrected chi connectivity index (χ4v) is 1.26. The summed E-state index contributed by atoms with van der Waals surface area (Å²) in [6.45, 7) is 0. The number of halogens is 1. The third-order valence-electron chi connectivity index (χ3n) is 1.85. The first-order valence-corrected chi connectivity index (χ1v) is 5.04. The Balaban J connectivity index is 2.88. The van der Waals surface area contributed by atoms with Gasteiger partial charge in [-0.15, -0.1) is 11.6 Å². The van der Waals surface area contributed by atoms with Gasteiger partial charge in [0.2, 0.25) is 0 Å². The van der Waals surface area contributed by atoms with Crippen molar-refractivity contribution in [3.63, 3.8) is 0 Å².